The lowest BCUT2D eigenvalue weighted by molar-refractivity contribution is -0.107. The van der Waals surface area contributed by atoms with E-state index in [2.05, 4.69) is 21.8 Å². The molecular formula is C20H22FN4OPS2. The van der Waals surface area contributed by atoms with E-state index in [1.54, 1.807) is 24.5 Å². The van der Waals surface area contributed by atoms with Gasteiger partial charge in [-0.3, -0.25) is 9.78 Å². The van der Waals surface area contributed by atoms with Crippen molar-refractivity contribution in [3.63, 3.8) is 0 Å². The number of anilines is 1. The normalized spacial score (nSPS) is 26.1. The third-order valence-electron chi connectivity index (χ3n) is 5.17. The Morgan fingerprint density at radius 1 is 1.28 bits per heavy atom. The zero-order valence-corrected chi connectivity index (χ0v) is 18.7. The van der Waals surface area contributed by atoms with E-state index in [0.29, 0.717) is 20.1 Å². The standard InChI is InChI=1S/C20H22FN4OPS2/c1-24-5-2-6-25(8-7-24)18-12-22-11-16(23-18)14-4-3-13(15(21)9-14)10-17-19(26)27-20(28)29-17/h3-4,10-12,15,27H,2,5-9H2,1H3. The number of carbonyl (C=O) groups excluding carboxylic acids is 1. The number of carbonyl (C=O) groups is 1. The average molecular weight is 449 g/mol. The van der Waals surface area contributed by atoms with Crippen molar-refractivity contribution in [2.45, 2.75) is 19.0 Å². The van der Waals surface area contributed by atoms with Crippen LogP contribution in [0.15, 0.2) is 41.1 Å². The fraction of sp³-hybridized carbons (Fsp3) is 0.400. The van der Waals surface area contributed by atoms with Crippen molar-refractivity contribution in [2.24, 2.45) is 0 Å². The molecule has 3 aliphatic rings. The van der Waals surface area contributed by atoms with Crippen LogP contribution in [0.4, 0.5) is 10.2 Å². The number of allylic oxidation sites excluding steroid dienone is 6. The van der Waals surface area contributed by atoms with Gasteiger partial charge in [0.05, 0.1) is 26.9 Å². The maximum atomic E-state index is 14.8. The first kappa shape index (κ1) is 20.8. The van der Waals surface area contributed by atoms with E-state index in [0.717, 1.165) is 44.0 Å². The maximum Gasteiger partial charge on any atom is 0.193 e. The van der Waals surface area contributed by atoms with Crippen LogP contribution in [-0.4, -0.2) is 63.7 Å². The van der Waals surface area contributed by atoms with Crippen LogP contribution in [0, 0.1) is 0 Å². The summed E-state index contributed by atoms with van der Waals surface area (Å²) in [6.45, 7) is 3.92. The molecule has 0 spiro atoms. The monoisotopic (exact) mass is 448 g/mol. The molecule has 2 aliphatic heterocycles. The average Bonchev–Trinajstić information content (AvgIpc) is 2.88. The van der Waals surface area contributed by atoms with Gasteiger partial charge in [-0.2, -0.15) is 0 Å². The van der Waals surface area contributed by atoms with E-state index in [4.69, 9.17) is 17.2 Å². The van der Waals surface area contributed by atoms with E-state index < -0.39 is 6.17 Å². The van der Waals surface area contributed by atoms with E-state index in [9.17, 15) is 9.18 Å². The Morgan fingerprint density at radius 3 is 2.90 bits per heavy atom. The molecule has 1 aromatic rings. The lowest BCUT2D eigenvalue weighted by Crippen LogP contribution is -2.29. The fourth-order valence-electron chi connectivity index (χ4n) is 3.52. The summed E-state index contributed by atoms with van der Waals surface area (Å²) in [6, 6.07) is 0. The molecule has 0 radical (unpaired) electrons. The van der Waals surface area contributed by atoms with Gasteiger partial charge in [-0.15, -0.1) is 0 Å². The van der Waals surface area contributed by atoms with Crippen LogP contribution in [0.2, 0.25) is 0 Å². The van der Waals surface area contributed by atoms with Gasteiger partial charge in [0.2, 0.25) is 0 Å². The molecule has 0 bridgehead atoms. The van der Waals surface area contributed by atoms with Crippen molar-refractivity contribution < 1.29 is 9.18 Å². The summed E-state index contributed by atoms with van der Waals surface area (Å²) in [5, 5.41) is 0. The summed E-state index contributed by atoms with van der Waals surface area (Å²) in [5.74, 6) is 0.841. The van der Waals surface area contributed by atoms with Crippen molar-refractivity contribution >= 4 is 53.4 Å². The molecule has 0 amide bonds. The Labute approximate surface area is 181 Å². The second-order valence-corrected chi connectivity index (χ2v) is 10.9. The number of hydrogen-bond acceptors (Lipinski definition) is 7. The minimum absolute atomic E-state index is 0.00420. The van der Waals surface area contributed by atoms with Crippen LogP contribution in [0.3, 0.4) is 0 Å². The number of nitrogens with zero attached hydrogens (tertiary/aromatic N) is 4. The second-order valence-electron chi connectivity index (χ2n) is 7.29. The number of aromatic nitrogens is 2. The molecule has 0 aromatic carbocycles. The van der Waals surface area contributed by atoms with Crippen molar-refractivity contribution in [1.82, 2.24) is 14.9 Å². The van der Waals surface area contributed by atoms with Crippen molar-refractivity contribution in [3.8, 4) is 0 Å². The fourth-order valence-corrected chi connectivity index (χ4v) is 6.05. The maximum absolute atomic E-state index is 14.8. The van der Waals surface area contributed by atoms with Gasteiger partial charge in [-0.25, -0.2) is 9.37 Å². The van der Waals surface area contributed by atoms with Gasteiger partial charge in [0.15, 0.2) is 5.52 Å². The number of thioether (sulfide) groups is 1. The molecule has 1 aromatic heterocycles. The molecule has 2 saturated heterocycles. The lowest BCUT2D eigenvalue weighted by atomic mass is 9.94. The van der Waals surface area contributed by atoms with Gasteiger partial charge < -0.3 is 9.80 Å². The first-order valence-electron chi connectivity index (χ1n) is 9.55. The molecule has 2 fully saturated rings. The van der Waals surface area contributed by atoms with Crippen LogP contribution in [0.1, 0.15) is 18.5 Å². The van der Waals surface area contributed by atoms with Gasteiger partial charge in [-0.1, -0.05) is 36.1 Å². The number of hydrogen-bond donors (Lipinski definition) is 0. The summed E-state index contributed by atoms with van der Waals surface area (Å²) in [5.41, 5.74) is 2.05. The van der Waals surface area contributed by atoms with Gasteiger partial charge >= 0.3 is 0 Å². The number of halogens is 1. The highest BCUT2D eigenvalue weighted by Crippen LogP contribution is 2.43. The van der Waals surface area contributed by atoms with Gasteiger partial charge in [0, 0.05) is 34.6 Å². The van der Waals surface area contributed by atoms with E-state index >= 15 is 0 Å². The lowest BCUT2D eigenvalue weighted by Gasteiger charge is -2.22. The summed E-state index contributed by atoms with van der Waals surface area (Å²) in [6.07, 6.45) is 8.88. The van der Waals surface area contributed by atoms with Crippen LogP contribution in [-0.2, 0) is 4.79 Å². The molecule has 5 nitrogen and oxygen atoms in total. The molecule has 2 atom stereocenters. The Kier molecular flexibility index (Phi) is 6.54. The Balaban J connectivity index is 1.54. The molecule has 2 unspecified atom stereocenters. The predicted octanol–water partition coefficient (Wildman–Crippen LogP) is 3.79. The van der Waals surface area contributed by atoms with Crippen LogP contribution < -0.4 is 4.90 Å². The molecule has 1 aliphatic carbocycles. The molecule has 29 heavy (non-hydrogen) atoms. The van der Waals surface area contributed by atoms with E-state index in [1.165, 1.54) is 11.8 Å². The number of rotatable bonds is 3. The third-order valence-corrected chi connectivity index (χ3v) is 7.93. The molecule has 0 saturated carbocycles. The number of likely N-dealkylation sites (N-methyl/N-ethyl adjacent to an activating group) is 1. The Hall–Kier alpha value is -1.47. The first-order chi connectivity index (χ1) is 14.0. The molecule has 3 heterocycles. The van der Waals surface area contributed by atoms with Gasteiger partial charge in [-0.05, 0) is 37.2 Å². The summed E-state index contributed by atoms with van der Waals surface area (Å²) >= 11 is 6.38. The zero-order valence-electron chi connectivity index (χ0n) is 16.1. The molecule has 4 rings (SSSR count). The molecule has 152 valence electrons. The van der Waals surface area contributed by atoms with Gasteiger partial charge in [0.25, 0.3) is 0 Å². The Morgan fingerprint density at radius 2 is 2.14 bits per heavy atom. The largest absolute Gasteiger partial charge is 0.354 e. The minimum atomic E-state index is -1.18. The number of thiocarbonyl (C=S) groups is 1. The van der Waals surface area contributed by atoms with Gasteiger partial charge in [0.1, 0.15) is 12.0 Å². The van der Waals surface area contributed by atoms with Crippen molar-refractivity contribution in [2.75, 3.05) is 38.1 Å². The number of alkyl halides is 1. The molecular weight excluding hydrogens is 426 g/mol. The topological polar surface area (TPSA) is 49.3 Å². The first-order valence-corrected chi connectivity index (χ1v) is 11.8. The SMILES string of the molecule is CN1CCCN(c2cncc(C3=CC=C(C=C4SC(=S)PC4=O)C(F)C3)n2)CC1. The smallest absolute Gasteiger partial charge is 0.193 e. The van der Waals surface area contributed by atoms with E-state index in [-0.39, 0.29) is 20.5 Å². The zero-order chi connectivity index (χ0) is 20.4. The summed E-state index contributed by atoms with van der Waals surface area (Å²) in [4.78, 5) is 26.2. The minimum Gasteiger partial charge on any atom is -0.354 e. The highest BCUT2D eigenvalue weighted by molar-refractivity contribution is 8.40. The quantitative estimate of drug-likeness (QED) is 0.396. The van der Waals surface area contributed by atoms with E-state index in [1.807, 2.05) is 6.08 Å². The summed E-state index contributed by atoms with van der Waals surface area (Å²) in [7, 11) is 2.15. The van der Waals surface area contributed by atoms with Crippen LogP contribution >= 0.6 is 32.6 Å². The second kappa shape index (κ2) is 9.13. The highest BCUT2D eigenvalue weighted by Gasteiger charge is 2.26. The molecule has 0 N–H and O–H groups in total. The Bertz CT molecular complexity index is 933. The third kappa shape index (κ3) is 5.00. The van der Waals surface area contributed by atoms with Crippen molar-refractivity contribution in [3.05, 3.63) is 46.8 Å². The predicted molar refractivity (Wildman–Crippen MR) is 124 cm³/mol. The van der Waals surface area contributed by atoms with Crippen LogP contribution in [0.25, 0.3) is 5.57 Å². The highest BCUT2D eigenvalue weighted by atomic mass is 32.2. The molecule has 9 heteroatoms. The van der Waals surface area contributed by atoms with Crippen molar-refractivity contribution in [1.29, 1.82) is 0 Å². The van der Waals surface area contributed by atoms with Crippen LogP contribution in [0.5, 0.6) is 0 Å². The summed E-state index contributed by atoms with van der Waals surface area (Å²) < 4.78 is 15.5.